The molecule has 0 aromatic carbocycles. The van der Waals surface area contributed by atoms with Crippen molar-refractivity contribution >= 4 is 25.7 Å². The number of carboxylic acids is 3. The molecule has 0 saturated carbocycles. The molecule has 7 N–H and O–H groups in total. The van der Waals surface area contributed by atoms with E-state index in [1.165, 1.54) is 0 Å². The van der Waals surface area contributed by atoms with Crippen molar-refractivity contribution in [1.29, 1.82) is 0 Å². The van der Waals surface area contributed by atoms with Crippen LogP contribution in [0.3, 0.4) is 0 Å². The molecule has 0 rings (SSSR count). The van der Waals surface area contributed by atoms with Crippen LogP contribution in [-0.4, -0.2) is 58.6 Å². The normalized spacial score (nSPS) is 10.5. The second-order valence-corrected chi connectivity index (χ2v) is 4.02. The Morgan fingerprint density at radius 3 is 1.26 bits per heavy atom. The van der Waals surface area contributed by atoms with Gasteiger partial charge in [-0.2, -0.15) is 0 Å². The van der Waals surface area contributed by atoms with Crippen molar-refractivity contribution in [2.75, 3.05) is 0 Å². The fourth-order valence-electron chi connectivity index (χ4n) is 0.714. The van der Waals surface area contributed by atoms with Crippen LogP contribution in [0.5, 0.6) is 0 Å². The second kappa shape index (κ2) is 9.39. The van der Waals surface area contributed by atoms with Crippen LogP contribution in [0.25, 0.3) is 0 Å². The van der Waals surface area contributed by atoms with Gasteiger partial charge >= 0.3 is 55.3 Å². The van der Waals surface area contributed by atoms with Crippen molar-refractivity contribution < 1.29 is 85.0 Å². The first-order valence-electron chi connectivity index (χ1n) is 3.95. The summed E-state index contributed by atoms with van der Waals surface area (Å²) in [6, 6.07) is 0. The van der Waals surface area contributed by atoms with E-state index in [-0.39, 0.29) is 31.0 Å². The molecule has 0 spiro atoms. The van der Waals surface area contributed by atoms with Crippen LogP contribution in [0.4, 0.5) is 0 Å². The van der Waals surface area contributed by atoms with Crippen molar-refractivity contribution in [2.24, 2.45) is 0 Å². The largest absolute Gasteiger partial charge is 1.00 e. The van der Waals surface area contributed by atoms with E-state index in [4.69, 9.17) is 39.7 Å². The van der Waals surface area contributed by atoms with Crippen molar-refractivity contribution in [3.63, 3.8) is 0 Å². The maximum atomic E-state index is 10.3. The smallest absolute Gasteiger partial charge is 1.00 e. The first kappa shape index (κ1) is 23.6. The summed E-state index contributed by atoms with van der Waals surface area (Å²) in [5.41, 5.74) is -2.74. The Morgan fingerprint density at radius 1 is 0.947 bits per heavy atom. The molecule has 0 unspecified atom stereocenters. The molecule has 0 bridgehead atoms. The number of phosphoric acid groups is 1. The predicted octanol–water partition coefficient (Wildman–Crippen LogP) is -5.06. The average Bonchev–Trinajstić information content (AvgIpc) is 1.95. The molecule has 0 heterocycles. The van der Waals surface area contributed by atoms with Gasteiger partial charge in [0.15, 0.2) is 5.60 Å². The van der Waals surface area contributed by atoms with Gasteiger partial charge in [-0.05, 0) is 0 Å². The molecule has 0 atom stereocenters. The van der Waals surface area contributed by atoms with Gasteiger partial charge in [0.05, 0.1) is 12.8 Å². The SMILES string of the molecule is O=C(O)CC(O)(CC(=O)O)C(=O)O.O=P(O)(O)O.[H-].[Na+]. The van der Waals surface area contributed by atoms with Crippen LogP contribution in [0.1, 0.15) is 14.3 Å². The van der Waals surface area contributed by atoms with Gasteiger partial charge in [0.25, 0.3) is 0 Å². The molecule has 11 nitrogen and oxygen atoms in total. The summed E-state index contributed by atoms with van der Waals surface area (Å²) in [4.78, 5) is 52.0. The summed E-state index contributed by atoms with van der Waals surface area (Å²) >= 11 is 0. The van der Waals surface area contributed by atoms with Crippen LogP contribution < -0.4 is 29.6 Å². The monoisotopic (exact) mass is 314 g/mol. The van der Waals surface area contributed by atoms with E-state index in [2.05, 4.69) is 0 Å². The fraction of sp³-hybridized carbons (Fsp3) is 0.500. The molecule has 0 saturated heterocycles. The molecular formula is C6H12NaO11P. The molecule has 19 heavy (non-hydrogen) atoms. The number of aliphatic carboxylic acids is 3. The maximum Gasteiger partial charge on any atom is 1.00 e. The third-order valence-electron chi connectivity index (χ3n) is 1.29. The van der Waals surface area contributed by atoms with Crippen LogP contribution in [0.15, 0.2) is 0 Å². The summed E-state index contributed by atoms with van der Waals surface area (Å²) in [7, 11) is -4.64. The van der Waals surface area contributed by atoms with E-state index >= 15 is 0 Å². The van der Waals surface area contributed by atoms with Crippen LogP contribution in [0.2, 0.25) is 0 Å². The zero-order chi connectivity index (χ0) is 15.1. The number of aliphatic hydroxyl groups is 1. The minimum atomic E-state index is -4.64. The third kappa shape index (κ3) is 17.5. The number of carboxylic acid groups (broad SMARTS) is 3. The predicted molar refractivity (Wildman–Crippen MR) is 52.5 cm³/mol. The van der Waals surface area contributed by atoms with E-state index in [1.54, 1.807) is 0 Å². The second-order valence-electron chi connectivity index (χ2n) is 2.99. The van der Waals surface area contributed by atoms with E-state index in [0.717, 1.165) is 0 Å². The van der Waals surface area contributed by atoms with Gasteiger partial charge in [-0.15, -0.1) is 0 Å². The van der Waals surface area contributed by atoms with Gasteiger partial charge in [-0.3, -0.25) is 9.59 Å². The third-order valence-corrected chi connectivity index (χ3v) is 1.29. The van der Waals surface area contributed by atoms with E-state index in [0.29, 0.717) is 0 Å². The summed E-state index contributed by atoms with van der Waals surface area (Å²) in [6.07, 6.45) is -2.29. The van der Waals surface area contributed by atoms with E-state index in [1.807, 2.05) is 0 Å². The van der Waals surface area contributed by atoms with Gasteiger partial charge in [0, 0.05) is 0 Å². The van der Waals surface area contributed by atoms with Crippen LogP contribution in [0, 0.1) is 0 Å². The Kier molecular flexibility index (Phi) is 11.7. The van der Waals surface area contributed by atoms with Crippen molar-refractivity contribution in [1.82, 2.24) is 0 Å². The van der Waals surface area contributed by atoms with Gasteiger partial charge in [-0.25, -0.2) is 9.36 Å². The van der Waals surface area contributed by atoms with Crippen LogP contribution >= 0.6 is 7.82 Å². The summed E-state index contributed by atoms with van der Waals surface area (Å²) in [6.45, 7) is 0. The van der Waals surface area contributed by atoms with E-state index < -0.39 is 44.2 Å². The zero-order valence-corrected chi connectivity index (χ0v) is 12.5. The topological polar surface area (TPSA) is 210 Å². The zero-order valence-electron chi connectivity index (χ0n) is 10.6. The maximum absolute atomic E-state index is 10.3. The van der Waals surface area contributed by atoms with Gasteiger partial charge in [0.2, 0.25) is 0 Å². The number of hydrogen-bond acceptors (Lipinski definition) is 5. The molecule has 0 amide bonds. The first-order valence-corrected chi connectivity index (χ1v) is 5.52. The van der Waals surface area contributed by atoms with Crippen LogP contribution in [-0.2, 0) is 18.9 Å². The molecule has 0 aromatic rings. The molecule has 108 valence electrons. The molecule has 0 aromatic heterocycles. The molecular weight excluding hydrogens is 302 g/mol. The number of carbonyl (C=O) groups is 3. The Balaban J connectivity index is -0.000000158. The molecule has 0 aliphatic heterocycles. The number of hydrogen-bond donors (Lipinski definition) is 7. The Bertz CT molecular complexity index is 355. The molecule has 0 aliphatic carbocycles. The van der Waals surface area contributed by atoms with Crippen molar-refractivity contribution in [2.45, 2.75) is 18.4 Å². The Labute approximate surface area is 129 Å². The minimum Gasteiger partial charge on any atom is -1.00 e. The van der Waals surface area contributed by atoms with Gasteiger partial charge in [0.1, 0.15) is 0 Å². The van der Waals surface area contributed by atoms with Crippen molar-refractivity contribution in [3.8, 4) is 0 Å². The average molecular weight is 314 g/mol. The standard InChI is InChI=1S/C6H8O7.Na.H3O4P.H/c7-3(8)1-6(13,5(11)12)2-4(9)10;;1-5(2,3)4;/h13H,1-2H2,(H,7,8)(H,9,10)(H,11,12);;(H3,1,2,3,4);/q;+1;;-1. The summed E-state index contributed by atoms with van der Waals surface area (Å²) in [5, 5.41) is 33.8. The Morgan fingerprint density at radius 2 is 1.16 bits per heavy atom. The minimum absolute atomic E-state index is 0. The van der Waals surface area contributed by atoms with Gasteiger partial charge in [-0.1, -0.05) is 0 Å². The quantitative estimate of drug-likeness (QED) is 0.188. The molecule has 0 fully saturated rings. The van der Waals surface area contributed by atoms with Gasteiger partial charge < -0.3 is 36.5 Å². The summed E-state index contributed by atoms with van der Waals surface area (Å²) < 4.78 is 8.88. The number of rotatable bonds is 5. The van der Waals surface area contributed by atoms with E-state index in [9.17, 15) is 14.4 Å². The first-order chi connectivity index (χ1) is 7.78. The Hall–Kier alpha value is -0.520. The fourth-order valence-corrected chi connectivity index (χ4v) is 0.714. The molecule has 0 radical (unpaired) electrons. The molecule has 13 heteroatoms. The van der Waals surface area contributed by atoms with Crippen molar-refractivity contribution in [3.05, 3.63) is 0 Å². The summed E-state index contributed by atoms with van der Waals surface area (Å²) in [5.74, 6) is -5.02. The molecule has 0 aliphatic rings.